The van der Waals surface area contributed by atoms with Crippen LogP contribution in [0.3, 0.4) is 0 Å². The normalized spacial score (nSPS) is 13.1. The van der Waals surface area contributed by atoms with Gasteiger partial charge < -0.3 is 14.2 Å². The summed E-state index contributed by atoms with van der Waals surface area (Å²) in [6.07, 6.45) is -2.15. The predicted molar refractivity (Wildman–Crippen MR) is 73.0 cm³/mol. The summed E-state index contributed by atoms with van der Waals surface area (Å²) >= 11 is 0. The number of halogens is 3. The van der Waals surface area contributed by atoms with E-state index in [1.807, 2.05) is 0 Å². The third kappa shape index (κ3) is 9.62. The highest BCUT2D eigenvalue weighted by atomic mass is 19.1. The van der Waals surface area contributed by atoms with Gasteiger partial charge in [0.05, 0.1) is 26.4 Å². The van der Waals surface area contributed by atoms with Gasteiger partial charge >= 0.3 is 6.16 Å². The first-order chi connectivity index (χ1) is 9.99. The van der Waals surface area contributed by atoms with E-state index in [-0.39, 0.29) is 6.61 Å². The summed E-state index contributed by atoms with van der Waals surface area (Å²) in [5.74, 6) is 0. The highest BCUT2D eigenvalue weighted by Crippen LogP contribution is 2.20. The van der Waals surface area contributed by atoms with Gasteiger partial charge in [0.25, 0.3) is 0 Å². The minimum Gasteiger partial charge on any atom is -0.303 e. The van der Waals surface area contributed by atoms with Crippen LogP contribution in [0, 0.1) is 0 Å². The largest absolute Gasteiger partial charge is 0.413 e. The second-order valence-corrected chi connectivity index (χ2v) is 4.19. The Kier molecular flexibility index (Phi) is 11.2. The van der Waals surface area contributed by atoms with E-state index in [1.165, 1.54) is 0 Å². The lowest BCUT2D eigenvalue weighted by Crippen LogP contribution is -2.44. The maximum absolute atomic E-state index is 13.2. The first-order valence-corrected chi connectivity index (χ1v) is 6.58. The summed E-state index contributed by atoms with van der Waals surface area (Å²) in [7, 11) is 0. The molecule has 4 nitrogen and oxygen atoms in total. The molecule has 1 unspecified atom stereocenters. The van der Waals surface area contributed by atoms with Crippen molar-refractivity contribution in [3.63, 3.8) is 0 Å². The van der Waals surface area contributed by atoms with Crippen LogP contribution in [0.2, 0.25) is 0 Å². The molecule has 0 rings (SSSR count). The molecule has 21 heavy (non-hydrogen) atoms. The standard InChI is InChI=1S/C14H23F3O4/c1-4-13(17)11-21-14(19-9-6-15,20-10-7-16)18-8-5-12(2)3/h4,13H,1-2,5-11H2,3H3. The number of rotatable bonds is 14. The summed E-state index contributed by atoms with van der Waals surface area (Å²) < 4.78 is 58.2. The van der Waals surface area contributed by atoms with Crippen LogP contribution in [-0.4, -0.2) is 52.1 Å². The molecule has 0 saturated heterocycles. The van der Waals surface area contributed by atoms with E-state index in [1.54, 1.807) is 6.92 Å². The van der Waals surface area contributed by atoms with E-state index in [9.17, 15) is 13.2 Å². The van der Waals surface area contributed by atoms with E-state index in [0.717, 1.165) is 11.6 Å². The summed E-state index contributed by atoms with van der Waals surface area (Å²) in [5, 5.41) is 0. The minimum absolute atomic E-state index is 0.0823. The molecule has 0 aromatic heterocycles. The highest BCUT2D eigenvalue weighted by Gasteiger charge is 2.36. The molecule has 0 N–H and O–H groups in total. The van der Waals surface area contributed by atoms with Crippen LogP contribution in [0.15, 0.2) is 24.8 Å². The SMILES string of the molecule is C=CC(F)COC(OCCF)(OCCF)OCCC(=C)C. The monoisotopic (exact) mass is 312 g/mol. The van der Waals surface area contributed by atoms with Crippen LogP contribution in [0.5, 0.6) is 0 Å². The third-order valence-electron chi connectivity index (χ3n) is 2.19. The van der Waals surface area contributed by atoms with Crippen LogP contribution in [0.4, 0.5) is 13.2 Å². The molecule has 0 aromatic carbocycles. The van der Waals surface area contributed by atoms with Crippen molar-refractivity contribution in [2.45, 2.75) is 25.7 Å². The smallest absolute Gasteiger partial charge is 0.303 e. The maximum atomic E-state index is 13.2. The number of hydrogen-bond donors (Lipinski definition) is 0. The van der Waals surface area contributed by atoms with Crippen molar-refractivity contribution < 1.29 is 32.1 Å². The van der Waals surface area contributed by atoms with Gasteiger partial charge in [-0.3, -0.25) is 4.74 Å². The minimum atomic E-state index is -2.14. The second-order valence-electron chi connectivity index (χ2n) is 4.19. The molecular weight excluding hydrogens is 289 g/mol. The van der Waals surface area contributed by atoms with Gasteiger partial charge in [-0.2, -0.15) is 0 Å². The number of hydrogen-bond acceptors (Lipinski definition) is 4. The molecule has 0 fully saturated rings. The van der Waals surface area contributed by atoms with Gasteiger partial charge in [0.2, 0.25) is 0 Å². The van der Waals surface area contributed by atoms with Crippen molar-refractivity contribution in [3.05, 3.63) is 24.8 Å². The van der Waals surface area contributed by atoms with Crippen molar-refractivity contribution in [3.8, 4) is 0 Å². The zero-order chi connectivity index (χ0) is 16.1. The van der Waals surface area contributed by atoms with E-state index in [2.05, 4.69) is 13.2 Å². The molecule has 7 heteroatoms. The highest BCUT2D eigenvalue weighted by molar-refractivity contribution is 4.87. The van der Waals surface area contributed by atoms with E-state index in [4.69, 9.17) is 18.9 Å². The fraction of sp³-hybridized carbons (Fsp3) is 0.714. The first-order valence-electron chi connectivity index (χ1n) is 6.58. The van der Waals surface area contributed by atoms with Gasteiger partial charge in [0.1, 0.15) is 19.5 Å². The molecule has 0 amide bonds. The number of alkyl halides is 3. The molecule has 1 atom stereocenters. The zero-order valence-electron chi connectivity index (χ0n) is 12.3. The van der Waals surface area contributed by atoms with Gasteiger partial charge in [0, 0.05) is 0 Å². The van der Waals surface area contributed by atoms with Crippen molar-refractivity contribution in [2.75, 3.05) is 39.8 Å². The lowest BCUT2D eigenvalue weighted by atomic mass is 10.3. The average molecular weight is 312 g/mol. The van der Waals surface area contributed by atoms with Crippen LogP contribution < -0.4 is 0 Å². The third-order valence-corrected chi connectivity index (χ3v) is 2.19. The van der Waals surface area contributed by atoms with E-state index >= 15 is 0 Å². The Balaban J connectivity index is 4.72. The van der Waals surface area contributed by atoms with Crippen LogP contribution >= 0.6 is 0 Å². The quantitative estimate of drug-likeness (QED) is 0.365. The molecule has 0 aliphatic rings. The van der Waals surface area contributed by atoms with Gasteiger partial charge in [0.15, 0.2) is 0 Å². The van der Waals surface area contributed by atoms with Gasteiger partial charge in [-0.1, -0.05) is 11.6 Å². The Morgan fingerprint density at radius 2 is 1.62 bits per heavy atom. The van der Waals surface area contributed by atoms with E-state index in [0.29, 0.717) is 6.42 Å². The summed E-state index contributed by atoms with van der Waals surface area (Å²) in [6.45, 7) is 5.89. The average Bonchev–Trinajstić information content (AvgIpc) is 2.47. The van der Waals surface area contributed by atoms with Crippen molar-refractivity contribution in [1.82, 2.24) is 0 Å². The molecule has 0 aliphatic carbocycles. The Hall–Kier alpha value is -0.890. The van der Waals surface area contributed by atoms with Crippen molar-refractivity contribution in [2.24, 2.45) is 0 Å². The topological polar surface area (TPSA) is 36.9 Å². The summed E-state index contributed by atoms with van der Waals surface area (Å²) in [5.41, 5.74) is 0.828. The molecule has 0 heterocycles. The maximum Gasteiger partial charge on any atom is 0.413 e. The molecule has 0 aliphatic heterocycles. The van der Waals surface area contributed by atoms with E-state index < -0.39 is 45.5 Å². The summed E-state index contributed by atoms with van der Waals surface area (Å²) in [6, 6.07) is 0. The lowest BCUT2D eigenvalue weighted by molar-refractivity contribution is -0.500. The van der Waals surface area contributed by atoms with Crippen molar-refractivity contribution in [1.29, 1.82) is 0 Å². The van der Waals surface area contributed by atoms with Crippen LogP contribution in [0.1, 0.15) is 13.3 Å². The molecule has 0 radical (unpaired) electrons. The molecule has 0 spiro atoms. The molecular formula is C14H23F3O4. The molecule has 124 valence electrons. The predicted octanol–water partition coefficient (Wildman–Crippen LogP) is 3.09. The first kappa shape index (κ1) is 20.1. The summed E-state index contributed by atoms with van der Waals surface area (Å²) in [4.78, 5) is 0. The fourth-order valence-corrected chi connectivity index (χ4v) is 1.18. The molecule has 0 saturated carbocycles. The van der Waals surface area contributed by atoms with Gasteiger partial charge in [-0.05, 0) is 13.3 Å². The Bertz CT molecular complexity index is 292. The zero-order valence-corrected chi connectivity index (χ0v) is 12.3. The van der Waals surface area contributed by atoms with Crippen LogP contribution in [0.25, 0.3) is 0 Å². The number of ether oxygens (including phenoxy) is 4. The fourth-order valence-electron chi connectivity index (χ4n) is 1.18. The molecule has 0 aromatic rings. The van der Waals surface area contributed by atoms with Crippen LogP contribution in [-0.2, 0) is 18.9 Å². The second kappa shape index (κ2) is 11.7. The Labute approximate surface area is 123 Å². The lowest BCUT2D eigenvalue weighted by Gasteiger charge is -2.32. The Morgan fingerprint density at radius 3 is 2.05 bits per heavy atom. The Morgan fingerprint density at radius 1 is 1.10 bits per heavy atom. The van der Waals surface area contributed by atoms with Crippen molar-refractivity contribution >= 4 is 0 Å². The van der Waals surface area contributed by atoms with Gasteiger partial charge in [-0.15, -0.1) is 13.2 Å². The molecule has 0 bridgehead atoms. The van der Waals surface area contributed by atoms with Gasteiger partial charge in [-0.25, -0.2) is 13.2 Å².